The molecule has 0 aliphatic carbocycles. The molecular formula is C26H23FN2O2. The minimum absolute atomic E-state index is 0.128. The highest BCUT2D eigenvalue weighted by Gasteiger charge is 2.20. The van der Waals surface area contributed by atoms with Crippen LogP contribution in [-0.4, -0.2) is 23.0 Å². The van der Waals surface area contributed by atoms with Crippen LogP contribution in [0.25, 0.3) is 22.5 Å². The van der Waals surface area contributed by atoms with E-state index in [1.54, 1.807) is 25.2 Å². The van der Waals surface area contributed by atoms with Gasteiger partial charge in [0.25, 0.3) is 0 Å². The SMILES string of the molecule is Cc1noc(-c2ccc(-c3ccccc3)cc2)c1CC(=O)N(C)Cc1ccccc1F. The van der Waals surface area contributed by atoms with Gasteiger partial charge in [-0.2, -0.15) is 0 Å². The first-order valence-electron chi connectivity index (χ1n) is 10.1. The molecule has 0 unspecified atom stereocenters. The van der Waals surface area contributed by atoms with Crippen LogP contribution < -0.4 is 0 Å². The average molecular weight is 414 g/mol. The van der Waals surface area contributed by atoms with Crippen molar-refractivity contribution in [3.8, 4) is 22.5 Å². The highest BCUT2D eigenvalue weighted by molar-refractivity contribution is 5.81. The molecule has 0 spiro atoms. The molecule has 0 radical (unpaired) electrons. The highest BCUT2D eigenvalue weighted by atomic mass is 19.1. The quantitative estimate of drug-likeness (QED) is 0.409. The fourth-order valence-electron chi connectivity index (χ4n) is 3.52. The van der Waals surface area contributed by atoms with Gasteiger partial charge in [0.2, 0.25) is 5.91 Å². The van der Waals surface area contributed by atoms with Gasteiger partial charge in [0, 0.05) is 30.3 Å². The van der Waals surface area contributed by atoms with E-state index < -0.39 is 0 Å². The third kappa shape index (κ3) is 4.56. The Morgan fingerprint density at radius 3 is 2.23 bits per heavy atom. The van der Waals surface area contributed by atoms with Gasteiger partial charge in [-0.3, -0.25) is 4.79 Å². The predicted octanol–water partition coefficient (Wildman–Crippen LogP) is 5.66. The van der Waals surface area contributed by atoms with E-state index >= 15 is 0 Å². The van der Waals surface area contributed by atoms with Gasteiger partial charge in [0.05, 0.1) is 12.1 Å². The highest BCUT2D eigenvalue weighted by Crippen LogP contribution is 2.29. The fraction of sp³-hybridized carbons (Fsp3) is 0.154. The summed E-state index contributed by atoms with van der Waals surface area (Å²) in [6.45, 7) is 2.03. The Hall–Kier alpha value is -3.73. The maximum Gasteiger partial charge on any atom is 0.227 e. The van der Waals surface area contributed by atoms with Crippen molar-refractivity contribution >= 4 is 5.91 Å². The van der Waals surface area contributed by atoms with Crippen molar-refractivity contribution in [2.24, 2.45) is 0 Å². The van der Waals surface area contributed by atoms with Crippen molar-refractivity contribution < 1.29 is 13.7 Å². The maximum absolute atomic E-state index is 13.9. The Kier molecular flexibility index (Phi) is 5.94. The molecule has 4 nitrogen and oxygen atoms in total. The monoisotopic (exact) mass is 414 g/mol. The van der Waals surface area contributed by atoms with Crippen molar-refractivity contribution in [3.63, 3.8) is 0 Å². The van der Waals surface area contributed by atoms with Crippen LogP contribution in [0.3, 0.4) is 0 Å². The summed E-state index contributed by atoms with van der Waals surface area (Å²) in [7, 11) is 1.67. The van der Waals surface area contributed by atoms with E-state index in [1.807, 2.05) is 49.4 Å². The van der Waals surface area contributed by atoms with Crippen LogP contribution in [-0.2, 0) is 17.8 Å². The van der Waals surface area contributed by atoms with Gasteiger partial charge in [-0.15, -0.1) is 0 Å². The van der Waals surface area contributed by atoms with Crippen molar-refractivity contribution in [2.75, 3.05) is 7.05 Å². The Bertz CT molecular complexity index is 1180. The number of carbonyl (C=O) groups excluding carboxylic acids is 1. The number of halogens is 1. The molecule has 0 saturated carbocycles. The summed E-state index contributed by atoms with van der Waals surface area (Å²) in [6.07, 6.45) is 0.135. The Balaban J connectivity index is 1.52. The number of amides is 1. The minimum Gasteiger partial charge on any atom is -0.356 e. The molecule has 0 atom stereocenters. The van der Waals surface area contributed by atoms with Gasteiger partial charge < -0.3 is 9.42 Å². The van der Waals surface area contributed by atoms with E-state index in [-0.39, 0.29) is 24.7 Å². The zero-order valence-electron chi connectivity index (χ0n) is 17.5. The fourth-order valence-corrected chi connectivity index (χ4v) is 3.52. The van der Waals surface area contributed by atoms with E-state index in [1.165, 1.54) is 11.0 Å². The molecule has 4 rings (SSSR count). The largest absolute Gasteiger partial charge is 0.356 e. The molecule has 0 aliphatic heterocycles. The normalized spacial score (nSPS) is 10.8. The summed E-state index contributed by atoms with van der Waals surface area (Å²) in [5.74, 6) is 0.143. The number of hydrogen-bond donors (Lipinski definition) is 0. The zero-order chi connectivity index (χ0) is 21.8. The summed E-state index contributed by atoms with van der Waals surface area (Å²) in [6, 6.07) is 24.6. The second-order valence-corrected chi connectivity index (χ2v) is 7.54. The van der Waals surface area contributed by atoms with Gasteiger partial charge >= 0.3 is 0 Å². The third-order valence-electron chi connectivity index (χ3n) is 5.36. The van der Waals surface area contributed by atoms with Gasteiger partial charge in [-0.25, -0.2) is 4.39 Å². The van der Waals surface area contributed by atoms with Crippen LogP contribution in [0.1, 0.15) is 16.8 Å². The number of aryl methyl sites for hydroxylation is 1. The minimum atomic E-state index is -0.317. The summed E-state index contributed by atoms with van der Waals surface area (Å²) in [5.41, 5.74) is 5.00. The maximum atomic E-state index is 13.9. The van der Waals surface area contributed by atoms with Crippen molar-refractivity contribution in [1.29, 1.82) is 0 Å². The number of likely N-dealkylation sites (N-methyl/N-ethyl adjacent to an activating group) is 1. The molecule has 0 bridgehead atoms. The van der Waals surface area contributed by atoms with Crippen molar-refractivity contribution in [2.45, 2.75) is 19.9 Å². The smallest absolute Gasteiger partial charge is 0.227 e. The molecule has 0 fully saturated rings. The zero-order valence-corrected chi connectivity index (χ0v) is 17.5. The summed E-state index contributed by atoms with van der Waals surface area (Å²) < 4.78 is 19.5. The summed E-state index contributed by atoms with van der Waals surface area (Å²) >= 11 is 0. The van der Waals surface area contributed by atoms with E-state index in [0.29, 0.717) is 17.0 Å². The number of benzene rings is 3. The van der Waals surface area contributed by atoms with Crippen LogP contribution in [0.15, 0.2) is 83.4 Å². The van der Waals surface area contributed by atoms with Crippen LogP contribution in [0.2, 0.25) is 0 Å². The van der Waals surface area contributed by atoms with Crippen LogP contribution >= 0.6 is 0 Å². The molecule has 1 heterocycles. The summed E-state index contributed by atoms with van der Waals surface area (Å²) in [5, 5.41) is 4.08. The van der Waals surface area contributed by atoms with Crippen LogP contribution in [0.5, 0.6) is 0 Å². The molecule has 1 aromatic heterocycles. The lowest BCUT2D eigenvalue weighted by molar-refractivity contribution is -0.129. The first-order chi connectivity index (χ1) is 15.0. The van der Waals surface area contributed by atoms with Gasteiger partial charge in [0.15, 0.2) is 5.76 Å². The number of carbonyl (C=O) groups is 1. The molecule has 3 aromatic carbocycles. The number of rotatable bonds is 6. The van der Waals surface area contributed by atoms with E-state index in [2.05, 4.69) is 17.3 Å². The number of aromatic nitrogens is 1. The lowest BCUT2D eigenvalue weighted by atomic mass is 10.00. The second-order valence-electron chi connectivity index (χ2n) is 7.54. The van der Waals surface area contributed by atoms with E-state index in [9.17, 15) is 9.18 Å². The van der Waals surface area contributed by atoms with Gasteiger partial charge in [0.1, 0.15) is 5.82 Å². The van der Waals surface area contributed by atoms with E-state index in [4.69, 9.17) is 4.52 Å². The molecule has 0 N–H and O–H groups in total. The molecule has 31 heavy (non-hydrogen) atoms. The van der Waals surface area contributed by atoms with E-state index in [0.717, 1.165) is 22.3 Å². The first-order valence-corrected chi connectivity index (χ1v) is 10.1. The standard InChI is InChI=1S/C26H23FN2O2/c1-18-23(16-25(30)29(2)17-22-10-6-7-11-24(22)27)26(31-28-18)21-14-12-20(13-15-21)19-8-4-3-5-9-19/h3-15H,16-17H2,1-2H3. The molecule has 1 amide bonds. The third-order valence-corrected chi connectivity index (χ3v) is 5.36. The van der Waals surface area contributed by atoms with Crippen LogP contribution in [0, 0.1) is 12.7 Å². The van der Waals surface area contributed by atoms with Gasteiger partial charge in [-0.1, -0.05) is 78.0 Å². The van der Waals surface area contributed by atoms with Crippen molar-refractivity contribution in [1.82, 2.24) is 10.1 Å². The molecular weight excluding hydrogens is 391 g/mol. The van der Waals surface area contributed by atoms with Gasteiger partial charge in [-0.05, 0) is 24.1 Å². The predicted molar refractivity (Wildman–Crippen MR) is 119 cm³/mol. The average Bonchev–Trinajstić information content (AvgIpc) is 3.16. The topological polar surface area (TPSA) is 46.3 Å². The Morgan fingerprint density at radius 2 is 1.52 bits per heavy atom. The van der Waals surface area contributed by atoms with Crippen molar-refractivity contribution in [3.05, 3.63) is 102 Å². The number of nitrogens with zero attached hydrogens (tertiary/aromatic N) is 2. The first kappa shape index (κ1) is 20.5. The lowest BCUT2D eigenvalue weighted by Crippen LogP contribution is -2.28. The molecule has 5 heteroatoms. The molecule has 4 aromatic rings. The Labute approximate surface area is 180 Å². The molecule has 0 saturated heterocycles. The molecule has 0 aliphatic rings. The molecule has 156 valence electrons. The second kappa shape index (κ2) is 8.96. The van der Waals surface area contributed by atoms with Crippen LogP contribution in [0.4, 0.5) is 4.39 Å². The lowest BCUT2D eigenvalue weighted by Gasteiger charge is -2.17. The Morgan fingerprint density at radius 1 is 0.903 bits per heavy atom. The number of hydrogen-bond acceptors (Lipinski definition) is 3. The summed E-state index contributed by atoms with van der Waals surface area (Å²) in [4.78, 5) is 14.4.